The molecule has 0 aromatic heterocycles. The van der Waals surface area contributed by atoms with E-state index in [1.807, 2.05) is 25.1 Å². The van der Waals surface area contributed by atoms with Crippen LogP contribution in [0, 0.1) is 0 Å². The number of nitrogens with one attached hydrogen (secondary N) is 1. The van der Waals surface area contributed by atoms with Crippen LogP contribution in [-0.2, 0) is 11.3 Å². The summed E-state index contributed by atoms with van der Waals surface area (Å²) in [6.45, 7) is 8.16. The molecule has 118 valence electrons. The van der Waals surface area contributed by atoms with Crippen LogP contribution < -0.4 is 11.1 Å². The van der Waals surface area contributed by atoms with Crippen LogP contribution in [0.3, 0.4) is 0 Å². The summed E-state index contributed by atoms with van der Waals surface area (Å²) in [6.07, 6.45) is 1.93. The third-order valence-electron chi connectivity index (χ3n) is 3.90. The summed E-state index contributed by atoms with van der Waals surface area (Å²) in [5, 5.41) is 3.12. The van der Waals surface area contributed by atoms with Crippen molar-refractivity contribution in [1.82, 2.24) is 10.2 Å². The number of hydrogen-bond donors (Lipinski definition) is 2. The van der Waals surface area contributed by atoms with Gasteiger partial charge in [-0.15, -0.1) is 0 Å². The van der Waals surface area contributed by atoms with Gasteiger partial charge < -0.3 is 11.1 Å². The molecule has 3 N–H and O–H groups in total. The minimum atomic E-state index is -0.172. The van der Waals surface area contributed by atoms with Crippen molar-refractivity contribution in [2.75, 3.05) is 13.1 Å². The fourth-order valence-corrected chi connectivity index (χ4v) is 2.37. The maximum absolute atomic E-state index is 12.4. The zero-order chi connectivity index (χ0) is 15.7. The van der Waals surface area contributed by atoms with E-state index in [1.54, 1.807) is 0 Å². The van der Waals surface area contributed by atoms with Crippen molar-refractivity contribution in [3.05, 3.63) is 35.9 Å². The minimum absolute atomic E-state index is 0.0908. The van der Waals surface area contributed by atoms with E-state index in [0.29, 0.717) is 13.1 Å². The Hall–Kier alpha value is -1.39. The van der Waals surface area contributed by atoms with Gasteiger partial charge in [0.1, 0.15) is 0 Å². The van der Waals surface area contributed by atoms with E-state index in [9.17, 15) is 4.79 Å². The van der Waals surface area contributed by atoms with Gasteiger partial charge in [-0.05, 0) is 25.3 Å². The van der Waals surface area contributed by atoms with Crippen LogP contribution >= 0.6 is 0 Å². The molecule has 0 saturated carbocycles. The SMILES string of the molecule is CCC(CC)NC(=O)C(C)N(CCN)Cc1ccccc1. The van der Waals surface area contributed by atoms with Crippen molar-refractivity contribution in [3.8, 4) is 0 Å². The van der Waals surface area contributed by atoms with Gasteiger partial charge in [-0.1, -0.05) is 44.2 Å². The van der Waals surface area contributed by atoms with Crippen LogP contribution in [-0.4, -0.2) is 36.0 Å². The first-order valence-electron chi connectivity index (χ1n) is 7.90. The summed E-state index contributed by atoms with van der Waals surface area (Å²) >= 11 is 0. The molecule has 0 radical (unpaired) electrons. The summed E-state index contributed by atoms with van der Waals surface area (Å²) in [5.74, 6) is 0.0908. The van der Waals surface area contributed by atoms with Gasteiger partial charge in [0.2, 0.25) is 5.91 Å². The van der Waals surface area contributed by atoms with Crippen molar-refractivity contribution < 1.29 is 4.79 Å². The summed E-state index contributed by atoms with van der Waals surface area (Å²) in [6, 6.07) is 10.3. The first-order chi connectivity index (χ1) is 10.1. The molecule has 1 aromatic carbocycles. The van der Waals surface area contributed by atoms with Gasteiger partial charge >= 0.3 is 0 Å². The zero-order valence-electron chi connectivity index (χ0n) is 13.5. The Bertz CT molecular complexity index is 404. The molecule has 21 heavy (non-hydrogen) atoms. The molecule has 0 aliphatic heterocycles. The number of rotatable bonds is 9. The highest BCUT2D eigenvalue weighted by molar-refractivity contribution is 5.81. The number of hydrogen-bond acceptors (Lipinski definition) is 3. The van der Waals surface area contributed by atoms with Crippen molar-refractivity contribution in [1.29, 1.82) is 0 Å². The molecule has 0 aliphatic rings. The van der Waals surface area contributed by atoms with E-state index in [4.69, 9.17) is 5.73 Å². The molecule has 1 rings (SSSR count). The van der Waals surface area contributed by atoms with Crippen LogP contribution in [0.5, 0.6) is 0 Å². The molecule has 0 fully saturated rings. The summed E-state index contributed by atoms with van der Waals surface area (Å²) in [5.41, 5.74) is 6.90. The first kappa shape index (κ1) is 17.7. The second kappa shape index (κ2) is 9.53. The predicted molar refractivity (Wildman–Crippen MR) is 87.9 cm³/mol. The van der Waals surface area contributed by atoms with Crippen LogP contribution in [0.4, 0.5) is 0 Å². The molecule has 4 nitrogen and oxygen atoms in total. The van der Waals surface area contributed by atoms with Gasteiger partial charge in [-0.25, -0.2) is 0 Å². The maximum atomic E-state index is 12.4. The highest BCUT2D eigenvalue weighted by Gasteiger charge is 2.22. The standard InChI is InChI=1S/C17H29N3O/c1-4-16(5-2)19-17(21)14(3)20(12-11-18)13-15-9-7-6-8-10-15/h6-10,14,16H,4-5,11-13,18H2,1-3H3,(H,19,21). The van der Waals surface area contributed by atoms with E-state index < -0.39 is 0 Å². The van der Waals surface area contributed by atoms with Gasteiger partial charge in [-0.2, -0.15) is 0 Å². The molecule has 1 amide bonds. The van der Waals surface area contributed by atoms with Crippen LogP contribution in [0.25, 0.3) is 0 Å². The largest absolute Gasteiger partial charge is 0.352 e. The lowest BCUT2D eigenvalue weighted by Gasteiger charge is -2.29. The molecular formula is C17H29N3O. The Balaban J connectivity index is 2.68. The van der Waals surface area contributed by atoms with Gasteiger partial charge in [0.25, 0.3) is 0 Å². The Labute approximate surface area is 128 Å². The predicted octanol–water partition coefficient (Wildman–Crippen LogP) is 2.14. The van der Waals surface area contributed by atoms with E-state index in [2.05, 4.69) is 36.2 Å². The lowest BCUT2D eigenvalue weighted by Crippen LogP contribution is -2.49. The Kier molecular flexibility index (Phi) is 8.01. The maximum Gasteiger partial charge on any atom is 0.237 e. The fourth-order valence-electron chi connectivity index (χ4n) is 2.37. The van der Waals surface area contributed by atoms with Crippen molar-refractivity contribution in [2.45, 2.75) is 52.2 Å². The molecule has 0 saturated heterocycles. The van der Waals surface area contributed by atoms with Crippen molar-refractivity contribution in [2.24, 2.45) is 5.73 Å². The summed E-state index contributed by atoms with van der Waals surface area (Å²) in [7, 11) is 0. The molecule has 0 bridgehead atoms. The summed E-state index contributed by atoms with van der Waals surface area (Å²) < 4.78 is 0. The zero-order valence-corrected chi connectivity index (χ0v) is 13.5. The van der Waals surface area contributed by atoms with Gasteiger partial charge in [-0.3, -0.25) is 9.69 Å². The van der Waals surface area contributed by atoms with Crippen LogP contribution in [0.2, 0.25) is 0 Å². The topological polar surface area (TPSA) is 58.4 Å². The number of amides is 1. The number of carbonyl (C=O) groups excluding carboxylic acids is 1. The number of benzene rings is 1. The molecule has 0 heterocycles. The van der Waals surface area contributed by atoms with Gasteiger partial charge in [0.05, 0.1) is 6.04 Å². The van der Waals surface area contributed by atoms with Crippen LogP contribution in [0.1, 0.15) is 39.2 Å². The van der Waals surface area contributed by atoms with Gasteiger partial charge in [0, 0.05) is 25.7 Å². The molecular weight excluding hydrogens is 262 g/mol. The normalized spacial score (nSPS) is 12.7. The van der Waals surface area contributed by atoms with Crippen molar-refractivity contribution in [3.63, 3.8) is 0 Å². The molecule has 4 heteroatoms. The third kappa shape index (κ3) is 5.86. The smallest absolute Gasteiger partial charge is 0.237 e. The first-order valence-corrected chi connectivity index (χ1v) is 7.90. The Morgan fingerprint density at radius 2 is 1.86 bits per heavy atom. The average Bonchev–Trinajstić information content (AvgIpc) is 2.52. The quantitative estimate of drug-likeness (QED) is 0.733. The number of nitrogens with zero attached hydrogens (tertiary/aromatic N) is 1. The van der Waals surface area contributed by atoms with E-state index >= 15 is 0 Å². The summed E-state index contributed by atoms with van der Waals surface area (Å²) in [4.78, 5) is 14.5. The lowest BCUT2D eigenvalue weighted by atomic mass is 10.1. The monoisotopic (exact) mass is 291 g/mol. The third-order valence-corrected chi connectivity index (χ3v) is 3.90. The number of carbonyl (C=O) groups is 1. The van der Waals surface area contributed by atoms with E-state index in [1.165, 1.54) is 5.56 Å². The molecule has 0 spiro atoms. The Morgan fingerprint density at radius 3 is 2.38 bits per heavy atom. The number of nitrogens with two attached hydrogens (primary N) is 1. The van der Waals surface area contributed by atoms with E-state index in [-0.39, 0.29) is 18.0 Å². The highest BCUT2D eigenvalue weighted by Crippen LogP contribution is 2.09. The van der Waals surface area contributed by atoms with E-state index in [0.717, 1.165) is 19.4 Å². The molecule has 1 aromatic rings. The second-order valence-electron chi connectivity index (χ2n) is 5.44. The molecule has 0 aliphatic carbocycles. The Morgan fingerprint density at radius 1 is 1.24 bits per heavy atom. The minimum Gasteiger partial charge on any atom is -0.352 e. The van der Waals surface area contributed by atoms with Crippen molar-refractivity contribution >= 4 is 5.91 Å². The lowest BCUT2D eigenvalue weighted by molar-refractivity contribution is -0.126. The molecule has 1 unspecified atom stereocenters. The van der Waals surface area contributed by atoms with Crippen LogP contribution in [0.15, 0.2) is 30.3 Å². The average molecular weight is 291 g/mol. The molecule has 1 atom stereocenters. The highest BCUT2D eigenvalue weighted by atomic mass is 16.2. The van der Waals surface area contributed by atoms with Gasteiger partial charge in [0.15, 0.2) is 0 Å². The fraction of sp³-hybridized carbons (Fsp3) is 0.588. The second-order valence-corrected chi connectivity index (χ2v) is 5.44.